The number of benzene rings is 2. The topological polar surface area (TPSA) is 97.4 Å². The van der Waals surface area contributed by atoms with Crippen molar-refractivity contribution >= 4 is 36.9 Å². The third-order valence-corrected chi connectivity index (χ3v) is 11.8. The van der Waals surface area contributed by atoms with Gasteiger partial charge in [0, 0.05) is 6.42 Å². The van der Waals surface area contributed by atoms with Gasteiger partial charge in [0.2, 0.25) is 29.7 Å². The minimum atomic E-state index is -4.43. The minimum absolute atomic E-state index is 0.0964. The number of piperidine rings is 1. The van der Waals surface area contributed by atoms with E-state index in [1.54, 1.807) is 53.2 Å². The van der Waals surface area contributed by atoms with Crippen LogP contribution in [0.25, 0.3) is 0 Å². The van der Waals surface area contributed by atoms with Gasteiger partial charge in [0.15, 0.2) is 0 Å². The van der Waals surface area contributed by atoms with Crippen LogP contribution in [0.15, 0.2) is 87.3 Å². The van der Waals surface area contributed by atoms with E-state index in [4.69, 9.17) is 0 Å². The first-order chi connectivity index (χ1) is 14.3. The van der Waals surface area contributed by atoms with E-state index in [0.29, 0.717) is 5.56 Å². The van der Waals surface area contributed by atoms with Crippen molar-refractivity contribution in [2.45, 2.75) is 32.8 Å². The van der Waals surface area contributed by atoms with Gasteiger partial charge in [-0.2, -0.15) is 11.3 Å². The highest BCUT2D eigenvalue weighted by atomic mass is 32.3. The molecule has 0 radical (unpaired) electrons. The van der Waals surface area contributed by atoms with Crippen LogP contribution in [0.4, 0.5) is 0 Å². The summed E-state index contributed by atoms with van der Waals surface area (Å²) >= 11 is 1.31. The largest absolute Gasteiger partial charge is 0.347 e. The van der Waals surface area contributed by atoms with Crippen LogP contribution in [0.5, 0.6) is 0 Å². The van der Waals surface area contributed by atoms with Gasteiger partial charge >= 0.3 is 0 Å². The number of sulfone groups is 2. The molecule has 4 rings (SSSR count). The number of carbonyl (C=O) groups excluding carboxylic acids is 1. The van der Waals surface area contributed by atoms with E-state index in [2.05, 4.69) is 5.32 Å². The Kier molecular flexibility index (Phi) is 5.29. The molecule has 30 heavy (non-hydrogen) atoms. The van der Waals surface area contributed by atoms with Crippen LogP contribution in [-0.2, 0) is 24.5 Å². The van der Waals surface area contributed by atoms with Gasteiger partial charge in [-0.15, -0.1) is 0 Å². The molecule has 6 nitrogen and oxygen atoms in total. The summed E-state index contributed by atoms with van der Waals surface area (Å²) in [6, 6.07) is 15.5. The molecular formula is C21H19NO5S3. The lowest BCUT2D eigenvalue weighted by Crippen LogP contribution is -2.59. The first kappa shape index (κ1) is 20.8. The van der Waals surface area contributed by atoms with Crippen LogP contribution in [-0.4, -0.2) is 26.8 Å². The lowest BCUT2D eigenvalue weighted by atomic mass is 9.98. The van der Waals surface area contributed by atoms with Gasteiger partial charge in [0.25, 0.3) is 0 Å². The van der Waals surface area contributed by atoms with Crippen molar-refractivity contribution < 1.29 is 21.6 Å². The molecule has 1 aliphatic rings. The van der Waals surface area contributed by atoms with E-state index < -0.39 is 29.8 Å². The summed E-state index contributed by atoms with van der Waals surface area (Å²) in [4.78, 5) is 12.1. The number of amides is 1. The van der Waals surface area contributed by atoms with Crippen LogP contribution in [0.2, 0.25) is 0 Å². The average molecular weight is 462 g/mol. The van der Waals surface area contributed by atoms with Gasteiger partial charge in [-0.25, -0.2) is 16.8 Å². The molecule has 2 aromatic carbocycles. The molecule has 0 spiro atoms. The van der Waals surface area contributed by atoms with Crippen molar-refractivity contribution in [3.63, 3.8) is 0 Å². The van der Waals surface area contributed by atoms with Crippen LogP contribution >= 0.6 is 11.3 Å². The first-order valence-electron chi connectivity index (χ1n) is 9.21. The Balaban J connectivity index is 2.07. The van der Waals surface area contributed by atoms with Crippen molar-refractivity contribution in [2.75, 3.05) is 0 Å². The Morgan fingerprint density at radius 2 is 1.37 bits per heavy atom. The zero-order valence-corrected chi connectivity index (χ0v) is 18.2. The van der Waals surface area contributed by atoms with Gasteiger partial charge < -0.3 is 5.32 Å². The summed E-state index contributed by atoms with van der Waals surface area (Å²) < 4.78 is 53.8. The lowest BCUT2D eigenvalue weighted by Gasteiger charge is -2.42. The second-order valence-corrected chi connectivity index (χ2v) is 12.5. The third kappa shape index (κ3) is 3.08. The molecule has 156 valence electrons. The van der Waals surface area contributed by atoms with Gasteiger partial charge in [-0.05, 0) is 53.1 Å². The Morgan fingerprint density at radius 1 is 0.833 bits per heavy atom. The normalized spacial score (nSPS) is 19.2. The molecule has 1 aromatic heterocycles. The monoisotopic (exact) mass is 461 g/mol. The number of hydrogen-bond acceptors (Lipinski definition) is 6. The Labute approximate surface area is 179 Å². The van der Waals surface area contributed by atoms with E-state index in [9.17, 15) is 21.6 Å². The van der Waals surface area contributed by atoms with Crippen molar-refractivity contribution in [2.24, 2.45) is 0 Å². The fourth-order valence-electron chi connectivity index (χ4n) is 3.87. The molecule has 1 atom stereocenters. The summed E-state index contributed by atoms with van der Waals surface area (Å²) in [6.07, 6.45) is -0.549. The predicted molar refractivity (Wildman–Crippen MR) is 114 cm³/mol. The van der Waals surface area contributed by atoms with Gasteiger partial charge in [-0.3, -0.25) is 4.79 Å². The highest BCUT2D eigenvalue weighted by Crippen LogP contribution is 2.49. The quantitative estimate of drug-likeness (QED) is 0.628. The zero-order valence-electron chi connectivity index (χ0n) is 15.8. The molecule has 1 fully saturated rings. The second kappa shape index (κ2) is 7.64. The average Bonchev–Trinajstić information content (AvgIpc) is 3.29. The maximum absolute atomic E-state index is 14.0. The van der Waals surface area contributed by atoms with Crippen molar-refractivity contribution in [1.82, 2.24) is 5.32 Å². The number of nitrogens with one attached hydrogen (secondary N) is 1. The van der Waals surface area contributed by atoms with E-state index in [0.717, 1.165) is 0 Å². The molecule has 0 saturated carbocycles. The van der Waals surface area contributed by atoms with E-state index >= 15 is 0 Å². The molecule has 0 bridgehead atoms. The minimum Gasteiger partial charge on any atom is -0.347 e. The molecule has 1 saturated heterocycles. The molecule has 1 N–H and O–H groups in total. The third-order valence-electron chi connectivity index (χ3n) is 5.34. The van der Waals surface area contributed by atoms with Gasteiger partial charge in [-0.1, -0.05) is 36.4 Å². The smallest absolute Gasteiger partial charge is 0.220 e. The van der Waals surface area contributed by atoms with Crippen molar-refractivity contribution in [3.8, 4) is 0 Å². The zero-order chi connectivity index (χ0) is 21.4. The van der Waals surface area contributed by atoms with E-state index in [1.807, 2.05) is 0 Å². The SMILES string of the molecule is O=C1CCC(S(=O)(=O)c2ccccc2)(S(=O)(=O)c2ccccc2)C(c2ccsc2)N1. The summed E-state index contributed by atoms with van der Waals surface area (Å²) in [5.74, 6) is -0.381. The maximum Gasteiger partial charge on any atom is 0.220 e. The van der Waals surface area contributed by atoms with Crippen LogP contribution in [0, 0.1) is 0 Å². The highest BCUT2D eigenvalue weighted by Gasteiger charge is 2.63. The van der Waals surface area contributed by atoms with Crippen molar-refractivity contribution in [3.05, 3.63) is 83.1 Å². The Bertz CT molecular complexity index is 1180. The molecular weight excluding hydrogens is 442 g/mol. The van der Waals surface area contributed by atoms with E-state index in [1.165, 1.54) is 35.6 Å². The summed E-state index contributed by atoms with van der Waals surface area (Å²) in [6.45, 7) is 0. The molecule has 2 heterocycles. The molecule has 1 amide bonds. The number of thiophene rings is 1. The lowest BCUT2D eigenvalue weighted by molar-refractivity contribution is -0.123. The van der Waals surface area contributed by atoms with Gasteiger partial charge in [0.05, 0.1) is 15.8 Å². The molecule has 0 aliphatic carbocycles. The summed E-state index contributed by atoms with van der Waals surface area (Å²) in [7, 11) is -8.85. The number of hydrogen-bond donors (Lipinski definition) is 1. The summed E-state index contributed by atoms with van der Waals surface area (Å²) in [5, 5.41) is 6.07. The predicted octanol–water partition coefficient (Wildman–Crippen LogP) is 3.34. The fourth-order valence-corrected chi connectivity index (χ4v) is 9.87. The van der Waals surface area contributed by atoms with Crippen LogP contribution in [0.3, 0.4) is 0 Å². The Hall–Kier alpha value is -2.49. The molecule has 1 aliphatic heterocycles. The number of rotatable bonds is 5. The summed E-state index contributed by atoms with van der Waals surface area (Å²) in [5.41, 5.74) is 0.451. The maximum atomic E-state index is 14.0. The molecule has 9 heteroatoms. The second-order valence-electron chi connectivity index (χ2n) is 7.00. The standard InChI is InChI=1S/C21H19NO5S3/c23-19-11-13-21(20(22-19)16-12-14-28-15-16,29(24,25)17-7-3-1-4-8-17)30(26,27)18-9-5-2-6-10-18/h1-10,12,14-15,20H,11,13H2,(H,22,23). The van der Waals surface area contributed by atoms with Crippen LogP contribution in [0.1, 0.15) is 24.4 Å². The first-order valence-corrected chi connectivity index (χ1v) is 13.1. The highest BCUT2D eigenvalue weighted by molar-refractivity contribution is 8.10. The Morgan fingerprint density at radius 3 is 1.83 bits per heavy atom. The van der Waals surface area contributed by atoms with Crippen molar-refractivity contribution in [1.29, 1.82) is 0 Å². The van der Waals surface area contributed by atoms with E-state index in [-0.39, 0.29) is 28.5 Å². The van der Waals surface area contributed by atoms with Gasteiger partial charge in [0.1, 0.15) is 0 Å². The number of carbonyl (C=O) groups is 1. The van der Waals surface area contributed by atoms with Crippen LogP contribution < -0.4 is 5.32 Å². The molecule has 1 unspecified atom stereocenters. The molecule has 3 aromatic rings. The fraction of sp³-hybridized carbons (Fsp3) is 0.190.